The van der Waals surface area contributed by atoms with E-state index in [2.05, 4.69) is 10.2 Å². The van der Waals surface area contributed by atoms with Gasteiger partial charge in [0.1, 0.15) is 0 Å². The molecule has 0 fully saturated rings. The van der Waals surface area contributed by atoms with E-state index in [1.165, 1.54) is 18.9 Å². The van der Waals surface area contributed by atoms with E-state index in [4.69, 9.17) is 5.11 Å². The van der Waals surface area contributed by atoms with Gasteiger partial charge in [0.15, 0.2) is 5.69 Å². The lowest BCUT2D eigenvalue weighted by molar-refractivity contribution is -0.141. The number of aromatic nitrogens is 2. The van der Waals surface area contributed by atoms with Crippen molar-refractivity contribution in [3.63, 3.8) is 0 Å². The summed E-state index contributed by atoms with van der Waals surface area (Å²) >= 11 is 0. The summed E-state index contributed by atoms with van der Waals surface area (Å²) in [6, 6.07) is 6.65. The highest BCUT2D eigenvalue weighted by Gasteiger charge is 2.21. The first-order valence-corrected chi connectivity index (χ1v) is 6.37. The number of hydrogen-bond acceptors (Lipinski definition) is 4. The first kappa shape index (κ1) is 14.7. The van der Waals surface area contributed by atoms with Crippen LogP contribution in [0.15, 0.2) is 29.1 Å². The highest BCUT2D eigenvalue weighted by Crippen LogP contribution is 2.14. The van der Waals surface area contributed by atoms with Crippen LogP contribution in [0.25, 0.3) is 10.8 Å². The average Bonchev–Trinajstić information content (AvgIpc) is 2.47. The first-order valence-electron chi connectivity index (χ1n) is 6.37. The monoisotopic (exact) mass is 289 g/mol. The fourth-order valence-electron chi connectivity index (χ4n) is 2.03. The van der Waals surface area contributed by atoms with Crippen molar-refractivity contribution in [3.8, 4) is 0 Å². The van der Waals surface area contributed by atoms with Crippen LogP contribution in [0.4, 0.5) is 0 Å². The lowest BCUT2D eigenvalue weighted by atomic mass is 10.1. The molecule has 7 heteroatoms. The van der Waals surface area contributed by atoms with Crippen LogP contribution in [0.5, 0.6) is 0 Å². The smallest absolute Gasteiger partial charge is 0.308 e. The normalized spacial score (nSPS) is 12.1. The lowest BCUT2D eigenvalue weighted by Crippen LogP contribution is -2.34. The molecule has 0 radical (unpaired) electrons. The molecule has 0 saturated heterocycles. The number of fused-ring (bicyclic) bond motifs is 1. The zero-order chi connectivity index (χ0) is 15.6. The summed E-state index contributed by atoms with van der Waals surface area (Å²) < 4.78 is 0. The van der Waals surface area contributed by atoms with Gasteiger partial charge in [0.05, 0.1) is 11.3 Å². The van der Waals surface area contributed by atoms with Crippen molar-refractivity contribution in [2.24, 2.45) is 5.92 Å². The molecule has 2 N–H and O–H groups in total. The van der Waals surface area contributed by atoms with E-state index in [-0.39, 0.29) is 17.8 Å². The third kappa shape index (κ3) is 2.91. The zero-order valence-corrected chi connectivity index (χ0v) is 11.7. The number of H-pyrrole nitrogens is 1. The molecule has 0 aliphatic rings. The van der Waals surface area contributed by atoms with E-state index < -0.39 is 17.8 Å². The standard InChI is InChI=1S/C14H15N3O4/c1-8(14(20)21)7-17(2)13(19)11-9-5-3-4-6-10(9)12(18)16-15-11/h3-6,8H,7H2,1-2H3,(H,16,18)(H,20,21). The quantitative estimate of drug-likeness (QED) is 0.863. The van der Waals surface area contributed by atoms with E-state index in [1.54, 1.807) is 24.3 Å². The molecule has 0 aliphatic heterocycles. The molecular weight excluding hydrogens is 274 g/mol. The van der Waals surface area contributed by atoms with E-state index >= 15 is 0 Å². The minimum absolute atomic E-state index is 0.0588. The second-order valence-electron chi connectivity index (χ2n) is 4.87. The summed E-state index contributed by atoms with van der Waals surface area (Å²) in [5.41, 5.74) is -0.269. The molecule has 2 rings (SSSR count). The molecule has 110 valence electrons. The molecule has 7 nitrogen and oxygen atoms in total. The molecule has 0 bridgehead atoms. The van der Waals surface area contributed by atoms with Crippen LogP contribution in [0, 0.1) is 5.92 Å². The Balaban J connectivity index is 2.38. The van der Waals surface area contributed by atoms with Crippen LogP contribution in [0.3, 0.4) is 0 Å². The number of carboxylic acid groups (broad SMARTS) is 1. The third-order valence-corrected chi connectivity index (χ3v) is 3.21. The molecule has 1 atom stereocenters. The Labute approximate surface area is 120 Å². The number of carbonyl (C=O) groups is 2. The van der Waals surface area contributed by atoms with E-state index in [0.717, 1.165) is 0 Å². The summed E-state index contributed by atoms with van der Waals surface area (Å²) in [5.74, 6) is -2.10. The Hall–Kier alpha value is -2.70. The lowest BCUT2D eigenvalue weighted by Gasteiger charge is -2.19. The highest BCUT2D eigenvalue weighted by molar-refractivity contribution is 6.04. The SMILES string of the molecule is CC(CN(C)C(=O)c1n[nH]c(=O)c2ccccc12)C(=O)O. The molecule has 1 aromatic carbocycles. The van der Waals surface area contributed by atoms with Crippen molar-refractivity contribution in [2.75, 3.05) is 13.6 Å². The summed E-state index contributed by atoms with van der Waals surface area (Å²) in [4.78, 5) is 36.2. The Morgan fingerprint density at radius 3 is 2.57 bits per heavy atom. The second kappa shape index (κ2) is 5.74. The highest BCUT2D eigenvalue weighted by atomic mass is 16.4. The van der Waals surface area contributed by atoms with Crippen LogP contribution in [-0.4, -0.2) is 45.7 Å². The molecule has 1 heterocycles. The van der Waals surface area contributed by atoms with Gasteiger partial charge in [0.25, 0.3) is 11.5 Å². The Morgan fingerprint density at radius 2 is 1.95 bits per heavy atom. The van der Waals surface area contributed by atoms with Crippen molar-refractivity contribution >= 4 is 22.6 Å². The number of aliphatic carboxylic acids is 1. The van der Waals surface area contributed by atoms with Crippen molar-refractivity contribution < 1.29 is 14.7 Å². The van der Waals surface area contributed by atoms with Crippen LogP contribution in [0.2, 0.25) is 0 Å². The number of rotatable bonds is 4. The van der Waals surface area contributed by atoms with Crippen LogP contribution in [-0.2, 0) is 4.79 Å². The van der Waals surface area contributed by atoms with Gasteiger partial charge in [-0.1, -0.05) is 25.1 Å². The predicted molar refractivity (Wildman–Crippen MR) is 76.1 cm³/mol. The molecule has 1 amide bonds. The number of carbonyl (C=O) groups excluding carboxylic acids is 1. The number of aromatic amines is 1. The maximum atomic E-state index is 12.4. The van der Waals surface area contributed by atoms with Crippen molar-refractivity contribution in [1.29, 1.82) is 0 Å². The predicted octanol–water partition coefficient (Wildman–Crippen LogP) is 0.716. The summed E-state index contributed by atoms with van der Waals surface area (Å²) in [6.07, 6.45) is 0. The van der Waals surface area contributed by atoms with Crippen LogP contribution in [0.1, 0.15) is 17.4 Å². The van der Waals surface area contributed by atoms with Gasteiger partial charge in [-0.2, -0.15) is 5.10 Å². The minimum Gasteiger partial charge on any atom is -0.481 e. The molecule has 2 aromatic rings. The van der Waals surface area contributed by atoms with E-state index in [1.807, 2.05) is 0 Å². The molecule has 0 aliphatic carbocycles. The number of nitrogens with zero attached hydrogens (tertiary/aromatic N) is 2. The van der Waals surface area contributed by atoms with Gasteiger partial charge in [-0.05, 0) is 6.07 Å². The van der Waals surface area contributed by atoms with Gasteiger partial charge in [0.2, 0.25) is 0 Å². The number of hydrogen-bond donors (Lipinski definition) is 2. The molecular formula is C14H15N3O4. The molecule has 21 heavy (non-hydrogen) atoms. The number of benzene rings is 1. The van der Waals surface area contributed by atoms with Crippen LogP contribution >= 0.6 is 0 Å². The topological polar surface area (TPSA) is 103 Å². The van der Waals surface area contributed by atoms with Gasteiger partial charge >= 0.3 is 5.97 Å². The van der Waals surface area contributed by atoms with Gasteiger partial charge in [-0.15, -0.1) is 0 Å². The summed E-state index contributed by atoms with van der Waals surface area (Å²) in [6.45, 7) is 1.58. The van der Waals surface area contributed by atoms with Crippen molar-refractivity contribution in [3.05, 3.63) is 40.3 Å². The van der Waals surface area contributed by atoms with Crippen molar-refractivity contribution in [1.82, 2.24) is 15.1 Å². The van der Waals surface area contributed by atoms with Gasteiger partial charge in [0, 0.05) is 19.0 Å². The maximum Gasteiger partial charge on any atom is 0.308 e. The largest absolute Gasteiger partial charge is 0.481 e. The number of carboxylic acids is 1. The molecule has 1 unspecified atom stereocenters. The van der Waals surface area contributed by atoms with Gasteiger partial charge < -0.3 is 10.0 Å². The second-order valence-corrected chi connectivity index (χ2v) is 4.87. The Morgan fingerprint density at radius 1 is 1.33 bits per heavy atom. The number of nitrogens with one attached hydrogen (secondary N) is 1. The van der Waals surface area contributed by atoms with Crippen molar-refractivity contribution in [2.45, 2.75) is 6.92 Å². The molecule has 1 aromatic heterocycles. The average molecular weight is 289 g/mol. The third-order valence-electron chi connectivity index (χ3n) is 3.21. The molecule has 0 spiro atoms. The maximum absolute atomic E-state index is 12.4. The van der Waals surface area contributed by atoms with E-state index in [0.29, 0.717) is 10.8 Å². The number of amides is 1. The van der Waals surface area contributed by atoms with Gasteiger partial charge in [-0.25, -0.2) is 5.10 Å². The zero-order valence-electron chi connectivity index (χ0n) is 11.7. The Kier molecular flexibility index (Phi) is 4.02. The fraction of sp³-hybridized carbons (Fsp3) is 0.286. The minimum atomic E-state index is -0.978. The van der Waals surface area contributed by atoms with Crippen LogP contribution < -0.4 is 5.56 Å². The summed E-state index contributed by atoms with van der Waals surface area (Å²) in [5, 5.41) is 15.8. The van der Waals surface area contributed by atoms with Gasteiger partial charge in [-0.3, -0.25) is 14.4 Å². The Bertz CT molecular complexity index is 753. The van der Waals surface area contributed by atoms with E-state index in [9.17, 15) is 14.4 Å². The summed E-state index contributed by atoms with van der Waals surface area (Å²) in [7, 11) is 1.50. The fourth-order valence-corrected chi connectivity index (χ4v) is 2.03. The first-order chi connectivity index (χ1) is 9.91. The molecule has 0 saturated carbocycles.